The van der Waals surface area contributed by atoms with E-state index in [0.29, 0.717) is 4.88 Å². The summed E-state index contributed by atoms with van der Waals surface area (Å²) in [7, 11) is 1.80. The smallest absolute Gasteiger partial charge is 0.262 e. The maximum atomic E-state index is 10.5. The molecule has 0 aliphatic rings. The summed E-state index contributed by atoms with van der Waals surface area (Å²) in [5, 5.41) is 3.46. The molecule has 1 heterocycles. The minimum absolute atomic E-state index is 0.397. The average molecular weight is 176 g/mol. The molecule has 0 saturated heterocycles. The molecule has 1 aromatic heterocycles. The van der Waals surface area contributed by atoms with Crippen LogP contribution in [0, 0.1) is 0 Å². The number of anilines is 1. The van der Waals surface area contributed by atoms with E-state index in [-0.39, 0.29) is 0 Å². The molecule has 0 aliphatic carbocycles. The summed E-state index contributed by atoms with van der Waals surface area (Å²) in [6.45, 7) is 0. The Balaban J connectivity index is 2.88. The van der Waals surface area contributed by atoms with Crippen LogP contribution in [0.2, 0.25) is 0 Å². The van der Waals surface area contributed by atoms with Gasteiger partial charge in [-0.1, -0.05) is 0 Å². The molecule has 0 radical (unpaired) electrons. The first kappa shape index (κ1) is 7.57. The highest BCUT2D eigenvalue weighted by Gasteiger charge is 2.03. The summed E-state index contributed by atoms with van der Waals surface area (Å²) < 4.78 is 0. The van der Waals surface area contributed by atoms with Crippen LogP contribution < -0.4 is 5.32 Å². The van der Waals surface area contributed by atoms with E-state index in [9.17, 15) is 4.79 Å². The van der Waals surface area contributed by atoms with E-state index in [1.54, 1.807) is 13.1 Å². The van der Waals surface area contributed by atoms with E-state index in [2.05, 4.69) is 5.32 Å². The Kier molecular flexibility index (Phi) is 2.29. The molecule has 1 rings (SSSR count). The first-order valence-electron chi connectivity index (χ1n) is 2.71. The lowest BCUT2D eigenvalue weighted by atomic mass is 10.5. The van der Waals surface area contributed by atoms with Crippen molar-refractivity contribution in [3.8, 4) is 0 Å². The minimum Gasteiger partial charge on any atom is -0.380 e. The number of carbonyl (C=O) groups is 1. The van der Waals surface area contributed by atoms with Crippen molar-refractivity contribution in [1.29, 1.82) is 0 Å². The number of nitrogens with one attached hydrogen (secondary N) is 1. The number of halogens is 1. The summed E-state index contributed by atoms with van der Waals surface area (Å²) in [4.78, 5) is 11.1. The molecule has 2 nitrogen and oxygen atoms in total. The van der Waals surface area contributed by atoms with Crippen LogP contribution in [0.4, 0.5) is 5.00 Å². The molecule has 0 fully saturated rings. The largest absolute Gasteiger partial charge is 0.380 e. The fourth-order valence-electron chi connectivity index (χ4n) is 0.578. The molecule has 0 atom stereocenters. The lowest BCUT2D eigenvalue weighted by Crippen LogP contribution is -1.81. The number of hydrogen-bond donors (Lipinski definition) is 1. The zero-order valence-electron chi connectivity index (χ0n) is 5.35. The Morgan fingerprint density at radius 1 is 1.70 bits per heavy atom. The van der Waals surface area contributed by atoms with Gasteiger partial charge >= 0.3 is 0 Å². The van der Waals surface area contributed by atoms with Gasteiger partial charge in [0.25, 0.3) is 5.24 Å². The van der Waals surface area contributed by atoms with Crippen molar-refractivity contribution < 1.29 is 4.79 Å². The second-order valence-corrected chi connectivity index (χ2v) is 3.11. The van der Waals surface area contributed by atoms with Gasteiger partial charge in [0.2, 0.25) is 0 Å². The molecule has 0 bridgehead atoms. The standard InChI is InChI=1S/C6H6ClNOS/c1-8-5-3-2-4(10-5)6(7)9/h2-3,8H,1H3. The second kappa shape index (κ2) is 3.03. The van der Waals surface area contributed by atoms with Gasteiger partial charge in [0.15, 0.2) is 0 Å². The third-order valence-electron chi connectivity index (χ3n) is 1.05. The van der Waals surface area contributed by atoms with Gasteiger partial charge in [-0.3, -0.25) is 4.79 Å². The maximum absolute atomic E-state index is 10.5. The number of rotatable bonds is 2. The number of hydrogen-bond acceptors (Lipinski definition) is 3. The average Bonchev–Trinajstić information content (AvgIpc) is 2.34. The predicted octanol–water partition coefficient (Wildman–Crippen LogP) is 2.17. The van der Waals surface area contributed by atoms with Crippen molar-refractivity contribution >= 4 is 33.2 Å². The molecule has 10 heavy (non-hydrogen) atoms. The van der Waals surface area contributed by atoms with Crippen LogP contribution in [-0.2, 0) is 0 Å². The molecule has 0 aliphatic heterocycles. The normalized spacial score (nSPS) is 9.40. The van der Waals surface area contributed by atoms with E-state index >= 15 is 0 Å². The molecule has 0 spiro atoms. The van der Waals surface area contributed by atoms with Gasteiger partial charge < -0.3 is 5.32 Å². The monoisotopic (exact) mass is 175 g/mol. The lowest BCUT2D eigenvalue weighted by Gasteiger charge is -1.87. The summed E-state index contributed by atoms with van der Waals surface area (Å²) in [6, 6.07) is 3.52. The lowest BCUT2D eigenvalue weighted by molar-refractivity contribution is 0.108. The van der Waals surface area contributed by atoms with Crippen LogP contribution in [0.5, 0.6) is 0 Å². The molecule has 0 aromatic carbocycles. The Labute approximate surface area is 67.8 Å². The molecule has 1 N–H and O–H groups in total. The van der Waals surface area contributed by atoms with Gasteiger partial charge in [-0.25, -0.2) is 0 Å². The van der Waals surface area contributed by atoms with E-state index < -0.39 is 5.24 Å². The van der Waals surface area contributed by atoms with E-state index in [4.69, 9.17) is 11.6 Å². The van der Waals surface area contributed by atoms with E-state index in [1.807, 2.05) is 6.07 Å². The van der Waals surface area contributed by atoms with Gasteiger partial charge in [-0.2, -0.15) is 0 Å². The third kappa shape index (κ3) is 1.49. The molecule has 0 amide bonds. The van der Waals surface area contributed by atoms with Crippen LogP contribution in [0.3, 0.4) is 0 Å². The van der Waals surface area contributed by atoms with Gasteiger partial charge in [0.05, 0.1) is 9.88 Å². The van der Waals surface area contributed by atoms with Crippen molar-refractivity contribution in [3.63, 3.8) is 0 Å². The summed E-state index contributed by atoms with van der Waals surface area (Å²) in [6.07, 6.45) is 0. The van der Waals surface area contributed by atoms with Crippen molar-refractivity contribution in [2.75, 3.05) is 12.4 Å². The van der Waals surface area contributed by atoms with Gasteiger partial charge in [-0.05, 0) is 23.7 Å². The first-order chi connectivity index (χ1) is 4.74. The van der Waals surface area contributed by atoms with Gasteiger partial charge in [0.1, 0.15) is 0 Å². The van der Waals surface area contributed by atoms with Gasteiger partial charge in [0, 0.05) is 7.05 Å². The van der Waals surface area contributed by atoms with Crippen LogP contribution in [0.15, 0.2) is 12.1 Å². The summed E-state index contributed by atoms with van der Waals surface area (Å²) in [5.74, 6) is 0. The van der Waals surface area contributed by atoms with Crippen molar-refractivity contribution in [1.82, 2.24) is 0 Å². The number of thiophene rings is 1. The van der Waals surface area contributed by atoms with E-state index in [1.165, 1.54) is 11.3 Å². The topological polar surface area (TPSA) is 29.1 Å². The van der Waals surface area contributed by atoms with Crippen molar-refractivity contribution in [2.45, 2.75) is 0 Å². The highest BCUT2D eigenvalue weighted by atomic mass is 35.5. The molecular formula is C6H6ClNOS. The third-order valence-corrected chi connectivity index (χ3v) is 2.46. The van der Waals surface area contributed by atoms with Crippen molar-refractivity contribution in [3.05, 3.63) is 17.0 Å². The summed E-state index contributed by atoms with van der Waals surface area (Å²) in [5.41, 5.74) is 0. The highest BCUT2D eigenvalue weighted by molar-refractivity contribution is 7.19. The summed E-state index contributed by atoms with van der Waals surface area (Å²) >= 11 is 6.57. The Morgan fingerprint density at radius 2 is 2.40 bits per heavy atom. The fraction of sp³-hybridized carbons (Fsp3) is 0.167. The molecule has 0 unspecified atom stereocenters. The number of carbonyl (C=O) groups excluding carboxylic acids is 1. The SMILES string of the molecule is CNc1ccc(C(=O)Cl)s1. The molecule has 0 saturated carbocycles. The second-order valence-electron chi connectivity index (χ2n) is 1.69. The zero-order valence-corrected chi connectivity index (χ0v) is 6.92. The fourth-order valence-corrected chi connectivity index (χ4v) is 1.45. The van der Waals surface area contributed by atoms with Crippen LogP contribution in [0.1, 0.15) is 9.67 Å². The Morgan fingerprint density at radius 3 is 2.70 bits per heavy atom. The zero-order chi connectivity index (χ0) is 7.56. The minimum atomic E-state index is -0.397. The highest BCUT2D eigenvalue weighted by Crippen LogP contribution is 2.22. The van der Waals surface area contributed by atoms with Crippen molar-refractivity contribution in [2.24, 2.45) is 0 Å². The Hall–Kier alpha value is -0.540. The molecule has 4 heteroatoms. The first-order valence-corrected chi connectivity index (χ1v) is 3.91. The molecule has 54 valence electrons. The van der Waals surface area contributed by atoms with E-state index in [0.717, 1.165) is 5.00 Å². The predicted molar refractivity (Wildman–Crippen MR) is 44.0 cm³/mol. The quantitative estimate of drug-likeness (QED) is 0.699. The van der Waals surface area contributed by atoms with Crippen LogP contribution >= 0.6 is 22.9 Å². The Bertz CT molecular complexity index is 246. The molecular weight excluding hydrogens is 170 g/mol. The van der Waals surface area contributed by atoms with Crippen LogP contribution in [-0.4, -0.2) is 12.3 Å². The maximum Gasteiger partial charge on any atom is 0.262 e. The van der Waals surface area contributed by atoms with Gasteiger partial charge in [-0.15, -0.1) is 11.3 Å². The van der Waals surface area contributed by atoms with Crippen LogP contribution in [0.25, 0.3) is 0 Å². The molecule has 1 aromatic rings.